The van der Waals surface area contributed by atoms with Crippen LogP contribution in [-0.4, -0.2) is 32.7 Å². The summed E-state index contributed by atoms with van der Waals surface area (Å²) in [6, 6.07) is 13.7. The Kier molecular flexibility index (Phi) is 4.02. The molecule has 0 bridgehead atoms. The monoisotopic (exact) mass is 373 g/mol. The zero-order valence-corrected chi connectivity index (χ0v) is 15.3. The number of fused-ring (bicyclic) bond motifs is 1. The van der Waals surface area contributed by atoms with E-state index in [1.165, 1.54) is 23.2 Å². The van der Waals surface area contributed by atoms with Crippen molar-refractivity contribution in [1.82, 2.24) is 3.97 Å². The van der Waals surface area contributed by atoms with Crippen LogP contribution in [0.5, 0.6) is 5.75 Å². The summed E-state index contributed by atoms with van der Waals surface area (Å²) >= 11 is 0. The lowest BCUT2D eigenvalue weighted by molar-refractivity contribution is -0.148. The van der Waals surface area contributed by atoms with Crippen molar-refractivity contribution in [1.29, 1.82) is 0 Å². The molecular weight excluding hydrogens is 354 g/mol. The predicted octanol–water partition coefficient (Wildman–Crippen LogP) is 3.11. The van der Waals surface area contributed by atoms with Crippen LogP contribution in [-0.2, 0) is 25.3 Å². The highest BCUT2D eigenvalue weighted by Crippen LogP contribution is 2.38. The molecule has 0 N–H and O–H groups in total. The molecule has 0 atom stereocenters. The van der Waals surface area contributed by atoms with Gasteiger partial charge in [-0.05, 0) is 37.3 Å². The van der Waals surface area contributed by atoms with Crippen LogP contribution in [0.15, 0.2) is 59.6 Å². The first kappa shape index (κ1) is 17.1. The Bertz CT molecular complexity index is 1050. The molecule has 1 aliphatic rings. The van der Waals surface area contributed by atoms with Crippen molar-refractivity contribution in [2.45, 2.75) is 17.6 Å². The maximum absolute atomic E-state index is 13.2. The Morgan fingerprint density at radius 3 is 2.35 bits per heavy atom. The molecule has 136 valence electrons. The van der Waals surface area contributed by atoms with Crippen molar-refractivity contribution in [3.8, 4) is 5.75 Å². The minimum Gasteiger partial charge on any atom is -0.497 e. The fraction of sp³-hybridized carbons (Fsp3) is 0.263. The molecule has 6 nitrogen and oxygen atoms in total. The number of aromatic nitrogens is 1. The lowest BCUT2D eigenvalue weighted by atomic mass is 10.1. The van der Waals surface area contributed by atoms with E-state index < -0.39 is 15.8 Å². The highest BCUT2D eigenvalue weighted by molar-refractivity contribution is 7.90. The largest absolute Gasteiger partial charge is 0.497 e. The summed E-state index contributed by atoms with van der Waals surface area (Å²) in [6.07, 6.45) is 1.59. The van der Waals surface area contributed by atoms with E-state index in [-0.39, 0.29) is 4.90 Å². The second kappa shape index (κ2) is 6.12. The van der Waals surface area contributed by atoms with E-state index in [9.17, 15) is 8.42 Å². The molecule has 1 saturated heterocycles. The quantitative estimate of drug-likeness (QED) is 0.703. The topological polar surface area (TPSA) is 66.8 Å². The molecular formula is C19H19NO5S. The zero-order valence-electron chi connectivity index (χ0n) is 14.5. The normalized spacial score (nSPS) is 16.8. The fourth-order valence-corrected chi connectivity index (χ4v) is 4.61. The summed E-state index contributed by atoms with van der Waals surface area (Å²) in [6.45, 7) is 2.76. The third-order valence-electron chi connectivity index (χ3n) is 4.62. The number of hydrogen-bond acceptors (Lipinski definition) is 5. The standard InChI is InChI=1S/C19H19NO5S/c1-19(24-11-12-25-19)17-13-20(18-6-4-3-5-16(17)18)26(21,22)15-9-7-14(23-2)8-10-15/h3-10,13H,11-12H2,1-2H3. The SMILES string of the molecule is COc1ccc(S(=O)(=O)n2cc(C3(C)OCCO3)c3ccccc32)cc1. The van der Waals surface area contributed by atoms with Crippen molar-refractivity contribution in [3.05, 3.63) is 60.3 Å². The van der Waals surface area contributed by atoms with Gasteiger partial charge in [0.1, 0.15) is 5.75 Å². The summed E-state index contributed by atoms with van der Waals surface area (Å²) in [5.74, 6) is -0.359. The number of benzene rings is 2. The van der Waals surface area contributed by atoms with Crippen LogP contribution in [0.2, 0.25) is 0 Å². The van der Waals surface area contributed by atoms with Gasteiger partial charge in [-0.1, -0.05) is 18.2 Å². The van der Waals surface area contributed by atoms with Gasteiger partial charge in [0.25, 0.3) is 10.0 Å². The van der Waals surface area contributed by atoms with E-state index in [4.69, 9.17) is 14.2 Å². The molecule has 2 aromatic carbocycles. The summed E-state index contributed by atoms with van der Waals surface area (Å²) in [5, 5.41) is 0.786. The van der Waals surface area contributed by atoms with E-state index >= 15 is 0 Å². The van der Waals surface area contributed by atoms with Crippen molar-refractivity contribution in [3.63, 3.8) is 0 Å². The molecule has 0 amide bonds. The average Bonchev–Trinajstić information content (AvgIpc) is 3.27. The van der Waals surface area contributed by atoms with E-state index in [1.807, 2.05) is 25.1 Å². The van der Waals surface area contributed by atoms with E-state index in [2.05, 4.69) is 0 Å². The van der Waals surface area contributed by atoms with Crippen molar-refractivity contribution in [2.24, 2.45) is 0 Å². The molecule has 0 saturated carbocycles. The van der Waals surface area contributed by atoms with E-state index in [1.54, 1.807) is 24.4 Å². The van der Waals surface area contributed by atoms with Crippen LogP contribution in [0.4, 0.5) is 0 Å². The van der Waals surface area contributed by atoms with Crippen LogP contribution < -0.4 is 4.74 Å². The lowest BCUT2D eigenvalue weighted by Gasteiger charge is -2.21. The molecule has 0 radical (unpaired) electrons. The number of hydrogen-bond donors (Lipinski definition) is 0. The third-order valence-corrected chi connectivity index (χ3v) is 6.31. The van der Waals surface area contributed by atoms with Gasteiger partial charge in [0.15, 0.2) is 5.79 Å². The third kappa shape index (κ3) is 2.59. The van der Waals surface area contributed by atoms with Gasteiger partial charge < -0.3 is 14.2 Å². The smallest absolute Gasteiger partial charge is 0.268 e. The van der Waals surface area contributed by atoms with Gasteiger partial charge in [-0.3, -0.25) is 0 Å². The summed E-state index contributed by atoms with van der Waals surface area (Å²) in [7, 11) is -2.24. The number of methoxy groups -OCH3 is 1. The number of ether oxygens (including phenoxy) is 3. The number of nitrogens with zero attached hydrogens (tertiary/aromatic N) is 1. The van der Waals surface area contributed by atoms with Crippen LogP contribution >= 0.6 is 0 Å². The maximum Gasteiger partial charge on any atom is 0.268 e. The number of para-hydroxylation sites is 1. The molecule has 0 spiro atoms. The molecule has 1 fully saturated rings. The summed E-state index contributed by atoms with van der Waals surface area (Å²) < 4.78 is 44.3. The molecule has 26 heavy (non-hydrogen) atoms. The van der Waals surface area contributed by atoms with Crippen molar-refractivity contribution in [2.75, 3.05) is 20.3 Å². The van der Waals surface area contributed by atoms with Gasteiger partial charge in [-0.2, -0.15) is 0 Å². The minimum atomic E-state index is -3.78. The second-order valence-corrected chi connectivity index (χ2v) is 7.99. The molecule has 0 unspecified atom stereocenters. The fourth-order valence-electron chi connectivity index (χ4n) is 3.24. The molecule has 2 heterocycles. The Morgan fingerprint density at radius 1 is 1.04 bits per heavy atom. The van der Waals surface area contributed by atoms with E-state index in [0.29, 0.717) is 30.0 Å². The lowest BCUT2D eigenvalue weighted by Crippen LogP contribution is -2.22. The van der Waals surface area contributed by atoms with Crippen molar-refractivity contribution >= 4 is 20.9 Å². The van der Waals surface area contributed by atoms with Crippen LogP contribution in [0.1, 0.15) is 12.5 Å². The highest BCUT2D eigenvalue weighted by Gasteiger charge is 2.37. The summed E-state index contributed by atoms with van der Waals surface area (Å²) in [5.41, 5.74) is 1.28. The minimum absolute atomic E-state index is 0.184. The Labute approximate surface area is 152 Å². The first-order valence-corrected chi connectivity index (χ1v) is 9.68. The van der Waals surface area contributed by atoms with Crippen molar-refractivity contribution < 1.29 is 22.6 Å². The molecule has 4 rings (SSSR count). The van der Waals surface area contributed by atoms with Gasteiger partial charge in [0, 0.05) is 17.1 Å². The Balaban J connectivity index is 1.91. The molecule has 1 aliphatic heterocycles. The van der Waals surface area contributed by atoms with Gasteiger partial charge in [0.2, 0.25) is 0 Å². The van der Waals surface area contributed by atoms with Crippen LogP contribution in [0, 0.1) is 0 Å². The van der Waals surface area contributed by atoms with Gasteiger partial charge in [0.05, 0.1) is 30.7 Å². The predicted molar refractivity (Wildman–Crippen MR) is 96.8 cm³/mol. The average molecular weight is 373 g/mol. The number of rotatable bonds is 4. The summed E-state index contributed by atoms with van der Waals surface area (Å²) in [4.78, 5) is 0.184. The molecule has 3 aromatic rings. The van der Waals surface area contributed by atoms with E-state index in [0.717, 1.165) is 5.39 Å². The first-order valence-electron chi connectivity index (χ1n) is 8.24. The molecule has 0 aliphatic carbocycles. The van der Waals surface area contributed by atoms with Gasteiger partial charge >= 0.3 is 0 Å². The van der Waals surface area contributed by atoms with Gasteiger partial charge in [-0.15, -0.1) is 0 Å². The first-order chi connectivity index (χ1) is 12.5. The highest BCUT2D eigenvalue weighted by atomic mass is 32.2. The van der Waals surface area contributed by atoms with Crippen LogP contribution in [0.3, 0.4) is 0 Å². The zero-order chi connectivity index (χ0) is 18.4. The molecule has 7 heteroatoms. The Morgan fingerprint density at radius 2 is 1.69 bits per heavy atom. The van der Waals surface area contributed by atoms with Crippen LogP contribution in [0.25, 0.3) is 10.9 Å². The Hall–Kier alpha value is -2.35. The second-order valence-electron chi connectivity index (χ2n) is 6.18. The van der Waals surface area contributed by atoms with Gasteiger partial charge in [-0.25, -0.2) is 12.4 Å². The maximum atomic E-state index is 13.2. The molecule has 1 aromatic heterocycles.